The first-order valence-electron chi connectivity index (χ1n) is 4.14. The van der Waals surface area contributed by atoms with E-state index in [0.717, 1.165) is 0 Å². The van der Waals surface area contributed by atoms with Gasteiger partial charge in [-0.3, -0.25) is 0 Å². The van der Waals surface area contributed by atoms with Gasteiger partial charge in [-0.15, -0.1) is 0 Å². The molecule has 0 fully saturated rings. The second-order valence-corrected chi connectivity index (χ2v) is 3.46. The normalized spacial score (nSPS) is 11.6. The van der Waals surface area contributed by atoms with Gasteiger partial charge < -0.3 is 9.84 Å². The highest BCUT2D eigenvalue weighted by Crippen LogP contribution is 2.20. The van der Waals surface area contributed by atoms with Crippen LogP contribution in [0.15, 0.2) is 28.8 Å². The molecule has 0 atom stereocenters. The summed E-state index contributed by atoms with van der Waals surface area (Å²) in [6.07, 6.45) is 0. The van der Waals surface area contributed by atoms with Crippen LogP contribution in [0.4, 0.5) is 4.39 Å². The second-order valence-electron chi connectivity index (χ2n) is 2.75. The summed E-state index contributed by atoms with van der Waals surface area (Å²) < 4.78 is 18.0. The minimum Gasteiger partial charge on any atom is -0.488 e. The number of ether oxygens (including phenoxy) is 1. The van der Waals surface area contributed by atoms with Gasteiger partial charge in [0.15, 0.2) is 0 Å². The van der Waals surface area contributed by atoms with Gasteiger partial charge in [-0.05, 0) is 18.2 Å². The van der Waals surface area contributed by atoms with E-state index in [1.165, 1.54) is 23.7 Å². The van der Waals surface area contributed by atoms with Crippen molar-refractivity contribution in [2.24, 2.45) is 0 Å². The van der Waals surface area contributed by atoms with E-state index >= 15 is 0 Å². The number of aliphatic hydroxyl groups excluding tert-OH is 1. The number of rotatable bonds is 4. The Kier molecular flexibility index (Phi) is 4.88. The van der Waals surface area contributed by atoms with E-state index in [4.69, 9.17) is 33.0 Å². The van der Waals surface area contributed by atoms with Crippen molar-refractivity contribution in [3.8, 4) is 5.75 Å². The summed E-state index contributed by atoms with van der Waals surface area (Å²) in [6, 6.07) is 3.87. The SMILES string of the molecule is OCc1cc(F)ccc1OC/C(Cl)=C/Cl. The largest absolute Gasteiger partial charge is 0.488 e. The van der Waals surface area contributed by atoms with Crippen LogP contribution < -0.4 is 4.74 Å². The summed E-state index contributed by atoms with van der Waals surface area (Å²) in [4.78, 5) is 0. The lowest BCUT2D eigenvalue weighted by molar-refractivity contribution is 0.268. The molecule has 82 valence electrons. The zero-order valence-corrected chi connectivity index (χ0v) is 9.22. The first-order valence-corrected chi connectivity index (χ1v) is 4.95. The molecule has 5 heteroatoms. The maximum absolute atomic E-state index is 12.8. The van der Waals surface area contributed by atoms with Crippen LogP contribution in [-0.4, -0.2) is 11.7 Å². The predicted molar refractivity (Wildman–Crippen MR) is 57.6 cm³/mol. The number of hydrogen-bond donors (Lipinski definition) is 1. The van der Waals surface area contributed by atoms with Gasteiger partial charge in [-0.25, -0.2) is 4.39 Å². The maximum Gasteiger partial charge on any atom is 0.125 e. The molecule has 0 aliphatic heterocycles. The second kappa shape index (κ2) is 5.95. The lowest BCUT2D eigenvalue weighted by Gasteiger charge is -2.09. The van der Waals surface area contributed by atoms with E-state index in [1.54, 1.807) is 0 Å². The fraction of sp³-hybridized carbons (Fsp3) is 0.200. The number of aliphatic hydroxyl groups is 1. The number of hydrogen-bond acceptors (Lipinski definition) is 2. The fourth-order valence-corrected chi connectivity index (χ4v) is 1.11. The van der Waals surface area contributed by atoms with Crippen LogP contribution in [0.3, 0.4) is 0 Å². The van der Waals surface area contributed by atoms with Gasteiger partial charge >= 0.3 is 0 Å². The zero-order chi connectivity index (χ0) is 11.3. The Hall–Kier alpha value is -0.770. The van der Waals surface area contributed by atoms with Crippen LogP contribution in [0, 0.1) is 5.82 Å². The van der Waals surface area contributed by atoms with Gasteiger partial charge in [0.1, 0.15) is 18.2 Å². The molecule has 0 aliphatic carbocycles. The van der Waals surface area contributed by atoms with E-state index in [9.17, 15) is 4.39 Å². The molecule has 0 unspecified atom stereocenters. The van der Waals surface area contributed by atoms with Crippen molar-refractivity contribution in [2.75, 3.05) is 6.61 Å². The third-order valence-electron chi connectivity index (χ3n) is 1.68. The van der Waals surface area contributed by atoms with Gasteiger partial charge in [0.05, 0.1) is 11.6 Å². The Balaban J connectivity index is 2.76. The van der Waals surface area contributed by atoms with Crippen LogP contribution >= 0.6 is 23.2 Å². The van der Waals surface area contributed by atoms with Crippen molar-refractivity contribution in [1.29, 1.82) is 0 Å². The average Bonchev–Trinajstić information content (AvgIpc) is 2.26. The van der Waals surface area contributed by atoms with E-state index in [0.29, 0.717) is 16.3 Å². The average molecular weight is 251 g/mol. The summed E-state index contributed by atoms with van der Waals surface area (Å²) in [5.74, 6) is -0.0408. The molecule has 1 aromatic rings. The van der Waals surface area contributed by atoms with Gasteiger partial charge in [-0.2, -0.15) is 0 Å². The van der Waals surface area contributed by atoms with Crippen molar-refractivity contribution in [1.82, 2.24) is 0 Å². The van der Waals surface area contributed by atoms with Gasteiger partial charge in [0.2, 0.25) is 0 Å². The molecule has 0 heterocycles. The van der Waals surface area contributed by atoms with E-state index in [2.05, 4.69) is 0 Å². The topological polar surface area (TPSA) is 29.5 Å². The minimum atomic E-state index is -0.426. The van der Waals surface area contributed by atoms with Crippen LogP contribution in [0.1, 0.15) is 5.56 Å². The lowest BCUT2D eigenvalue weighted by Crippen LogP contribution is -2.00. The fourth-order valence-electron chi connectivity index (χ4n) is 0.991. The molecule has 0 bridgehead atoms. The molecule has 0 saturated carbocycles. The monoisotopic (exact) mass is 250 g/mol. The highest BCUT2D eigenvalue weighted by atomic mass is 35.5. The van der Waals surface area contributed by atoms with E-state index < -0.39 is 5.82 Å². The molecule has 15 heavy (non-hydrogen) atoms. The molecule has 1 N–H and O–H groups in total. The molecular weight excluding hydrogens is 242 g/mol. The molecule has 1 aromatic carbocycles. The maximum atomic E-state index is 12.8. The third-order valence-corrected chi connectivity index (χ3v) is 2.27. The van der Waals surface area contributed by atoms with Crippen LogP contribution in [-0.2, 0) is 6.61 Å². The van der Waals surface area contributed by atoms with Crippen molar-refractivity contribution in [3.63, 3.8) is 0 Å². The van der Waals surface area contributed by atoms with Crippen molar-refractivity contribution in [2.45, 2.75) is 6.61 Å². The highest BCUT2D eigenvalue weighted by molar-refractivity contribution is 6.36. The molecule has 0 spiro atoms. The summed E-state index contributed by atoms with van der Waals surface area (Å²) in [7, 11) is 0. The van der Waals surface area contributed by atoms with Crippen LogP contribution in [0.5, 0.6) is 5.75 Å². The van der Waals surface area contributed by atoms with Crippen LogP contribution in [0.25, 0.3) is 0 Å². The summed E-state index contributed by atoms with van der Waals surface area (Å²) >= 11 is 10.9. The molecule has 0 aliphatic rings. The van der Waals surface area contributed by atoms with Crippen molar-refractivity contribution < 1.29 is 14.2 Å². The van der Waals surface area contributed by atoms with Crippen molar-refractivity contribution in [3.05, 3.63) is 40.1 Å². The minimum absolute atomic E-state index is 0.0870. The molecule has 1 rings (SSSR count). The molecule has 0 amide bonds. The Morgan fingerprint density at radius 3 is 2.87 bits per heavy atom. The summed E-state index contributed by atoms with van der Waals surface area (Å²) in [5, 5.41) is 9.27. The van der Waals surface area contributed by atoms with Crippen LogP contribution in [0.2, 0.25) is 0 Å². The predicted octanol–water partition coefficient (Wildman–Crippen LogP) is 3.02. The lowest BCUT2D eigenvalue weighted by atomic mass is 10.2. The zero-order valence-electron chi connectivity index (χ0n) is 7.71. The Morgan fingerprint density at radius 2 is 2.27 bits per heavy atom. The Bertz CT molecular complexity index is 366. The van der Waals surface area contributed by atoms with Gasteiger partial charge in [-0.1, -0.05) is 23.2 Å². The standard InChI is InChI=1S/C10H9Cl2FO2/c11-4-8(12)6-15-10-2-1-9(13)3-7(10)5-14/h1-4,14H,5-6H2/b8-4-. The molecular formula is C10H9Cl2FO2. The number of benzene rings is 1. The Morgan fingerprint density at radius 1 is 1.53 bits per heavy atom. The first-order chi connectivity index (χ1) is 7.17. The third kappa shape index (κ3) is 3.70. The van der Waals surface area contributed by atoms with Gasteiger partial charge in [0.25, 0.3) is 0 Å². The Labute approximate surface area is 96.9 Å². The molecule has 0 aromatic heterocycles. The quantitative estimate of drug-likeness (QED) is 0.891. The molecule has 0 saturated heterocycles. The molecule has 0 radical (unpaired) electrons. The van der Waals surface area contributed by atoms with Gasteiger partial charge in [0, 0.05) is 11.1 Å². The van der Waals surface area contributed by atoms with Crippen molar-refractivity contribution >= 4 is 23.2 Å². The van der Waals surface area contributed by atoms with E-state index in [-0.39, 0.29) is 13.2 Å². The van der Waals surface area contributed by atoms with E-state index in [1.807, 2.05) is 0 Å². The first kappa shape index (κ1) is 12.3. The highest BCUT2D eigenvalue weighted by Gasteiger charge is 2.04. The number of halogens is 3. The summed E-state index contributed by atoms with van der Waals surface area (Å²) in [5.41, 5.74) is 1.55. The molecule has 2 nitrogen and oxygen atoms in total. The smallest absolute Gasteiger partial charge is 0.125 e. The summed E-state index contributed by atoms with van der Waals surface area (Å²) in [6.45, 7) is -0.209.